The zero-order valence-corrected chi connectivity index (χ0v) is 31.6. The first-order chi connectivity index (χ1) is 19.4. The van der Waals surface area contributed by atoms with Crippen LogP contribution < -0.4 is 0 Å². The number of nitrogens with zero attached hydrogens (tertiary/aromatic N) is 4. The van der Waals surface area contributed by atoms with E-state index in [4.69, 9.17) is 0 Å². The molecule has 4 aliphatic heterocycles. The van der Waals surface area contributed by atoms with Crippen LogP contribution in [0.2, 0.25) is 0 Å². The summed E-state index contributed by atoms with van der Waals surface area (Å²) in [7, 11) is 0. The second kappa shape index (κ2) is 19.4. The van der Waals surface area contributed by atoms with E-state index in [9.17, 15) is 0 Å². The van der Waals surface area contributed by atoms with E-state index in [1.54, 1.807) is 0 Å². The van der Waals surface area contributed by atoms with Crippen LogP contribution in [0.3, 0.4) is 0 Å². The van der Waals surface area contributed by atoms with E-state index in [1.165, 1.54) is 104 Å². The van der Waals surface area contributed by atoms with E-state index in [-0.39, 0.29) is 0 Å². The van der Waals surface area contributed by atoms with Crippen LogP contribution in [-0.2, 0) is 0 Å². The normalized spacial score (nSPS) is 27.6. The lowest BCUT2D eigenvalue weighted by Crippen LogP contribution is -2.50. The molecule has 0 aromatic rings. The maximum absolute atomic E-state index is 2.62. The zero-order valence-electron chi connectivity index (χ0n) is 31.6. The van der Waals surface area contributed by atoms with Gasteiger partial charge in [-0.05, 0) is 164 Å². The molecule has 4 aliphatic rings. The van der Waals surface area contributed by atoms with E-state index in [0.29, 0.717) is 17.0 Å². The van der Waals surface area contributed by atoms with Crippen molar-refractivity contribution in [2.75, 3.05) is 45.8 Å². The standard InChI is InChI=1S/2C10H21N.2C9H19N/c1-9(2)11-7-5-6-10(3,4)8-11;1-9(2)11-8-6-5-7-10(11,3)4;2*1-8(2)10-6-4-5-9(3)7-10/h2*9H,5-8H2,1-4H3;2*8-9H,4-7H2,1-3H3/t;;2*9-/m..10/s1. The Morgan fingerprint density at radius 1 is 0.500 bits per heavy atom. The van der Waals surface area contributed by atoms with Crippen molar-refractivity contribution < 1.29 is 0 Å². The van der Waals surface area contributed by atoms with E-state index in [1.807, 2.05) is 0 Å². The Labute approximate surface area is 266 Å². The molecule has 0 aromatic carbocycles. The maximum Gasteiger partial charge on any atom is 0.0155 e. The highest BCUT2D eigenvalue weighted by Crippen LogP contribution is 2.30. The summed E-state index contributed by atoms with van der Waals surface area (Å²) < 4.78 is 0. The minimum atomic E-state index is 0.451. The Bertz CT molecular complexity index is 657. The van der Waals surface area contributed by atoms with Crippen LogP contribution in [0.15, 0.2) is 0 Å². The summed E-state index contributed by atoms with van der Waals surface area (Å²) in [5.41, 5.74) is 1.01. The van der Waals surface area contributed by atoms with Crippen molar-refractivity contribution in [2.45, 2.75) is 184 Å². The lowest BCUT2D eigenvalue weighted by atomic mass is 9.84. The summed E-state index contributed by atoms with van der Waals surface area (Å²) in [6.07, 6.45) is 12.6. The third-order valence-electron chi connectivity index (χ3n) is 10.3. The number of rotatable bonds is 4. The Morgan fingerprint density at radius 2 is 0.952 bits per heavy atom. The molecule has 0 unspecified atom stereocenters. The SMILES string of the molecule is CC(C)N1CCCC(C)(C)C1.CC(C)N1CCCCC1(C)C.CC(C)N1CCC[C@@H](C)C1.CC(C)N1CCC[C@H](C)C1. The van der Waals surface area contributed by atoms with Gasteiger partial charge in [0, 0.05) is 49.3 Å². The largest absolute Gasteiger partial charge is 0.301 e. The van der Waals surface area contributed by atoms with Crippen molar-refractivity contribution in [2.24, 2.45) is 17.3 Å². The fourth-order valence-electron chi connectivity index (χ4n) is 7.54. The molecular formula is C38H80N4. The van der Waals surface area contributed by atoms with Crippen molar-refractivity contribution in [3.8, 4) is 0 Å². The van der Waals surface area contributed by atoms with Gasteiger partial charge in [0.2, 0.25) is 0 Å². The van der Waals surface area contributed by atoms with Gasteiger partial charge in [0.15, 0.2) is 0 Å². The molecule has 0 N–H and O–H groups in total. The van der Waals surface area contributed by atoms with Gasteiger partial charge in [-0.25, -0.2) is 0 Å². The molecule has 4 heteroatoms. The molecule has 2 atom stereocenters. The number of piperidine rings is 4. The number of likely N-dealkylation sites (tertiary alicyclic amines) is 4. The van der Waals surface area contributed by atoms with Crippen LogP contribution in [0.5, 0.6) is 0 Å². The molecule has 42 heavy (non-hydrogen) atoms. The molecule has 4 nitrogen and oxygen atoms in total. The highest BCUT2D eigenvalue weighted by molar-refractivity contribution is 4.87. The van der Waals surface area contributed by atoms with Gasteiger partial charge in [0.1, 0.15) is 0 Å². The predicted octanol–water partition coefficient (Wildman–Crippen LogP) is 9.43. The van der Waals surface area contributed by atoms with Crippen molar-refractivity contribution in [1.82, 2.24) is 19.6 Å². The van der Waals surface area contributed by atoms with Crippen LogP contribution in [0, 0.1) is 17.3 Å². The summed E-state index contributed by atoms with van der Waals surface area (Å²) in [5, 5.41) is 0. The fourth-order valence-corrected chi connectivity index (χ4v) is 7.54. The molecule has 4 rings (SSSR count). The van der Waals surface area contributed by atoms with E-state index in [0.717, 1.165) is 30.0 Å². The predicted molar refractivity (Wildman–Crippen MR) is 190 cm³/mol. The van der Waals surface area contributed by atoms with E-state index >= 15 is 0 Å². The quantitative estimate of drug-likeness (QED) is 0.322. The molecule has 4 fully saturated rings. The number of hydrogen-bond acceptors (Lipinski definition) is 4. The molecular weight excluding hydrogens is 512 g/mol. The van der Waals surface area contributed by atoms with Crippen molar-refractivity contribution in [3.05, 3.63) is 0 Å². The molecule has 4 saturated heterocycles. The lowest BCUT2D eigenvalue weighted by Gasteiger charge is -2.45. The van der Waals surface area contributed by atoms with Gasteiger partial charge in [0.25, 0.3) is 0 Å². The second-order valence-electron chi connectivity index (χ2n) is 17.1. The van der Waals surface area contributed by atoms with Gasteiger partial charge >= 0.3 is 0 Å². The first kappa shape index (κ1) is 39.9. The minimum absolute atomic E-state index is 0.451. The molecule has 0 amide bonds. The molecule has 0 aliphatic carbocycles. The monoisotopic (exact) mass is 593 g/mol. The van der Waals surface area contributed by atoms with Gasteiger partial charge in [-0.1, -0.05) is 34.1 Å². The van der Waals surface area contributed by atoms with E-state index in [2.05, 4.69) is 117 Å². The van der Waals surface area contributed by atoms with Crippen LogP contribution in [0.1, 0.15) is 155 Å². The van der Waals surface area contributed by atoms with Gasteiger partial charge < -0.3 is 14.7 Å². The lowest BCUT2D eigenvalue weighted by molar-refractivity contribution is 0.0470. The fraction of sp³-hybridized carbons (Fsp3) is 1.00. The van der Waals surface area contributed by atoms with Crippen LogP contribution in [-0.4, -0.2) is 95.1 Å². The molecule has 0 spiro atoms. The summed E-state index contributed by atoms with van der Waals surface area (Å²) in [6.45, 7) is 41.7. The molecule has 4 heterocycles. The van der Waals surface area contributed by atoms with Gasteiger partial charge in [-0.2, -0.15) is 0 Å². The summed E-state index contributed by atoms with van der Waals surface area (Å²) in [6, 6.07) is 2.95. The Kier molecular flexibility index (Phi) is 18.4. The third kappa shape index (κ3) is 15.7. The zero-order chi connectivity index (χ0) is 32.1. The molecule has 0 aromatic heterocycles. The molecule has 0 bridgehead atoms. The summed E-state index contributed by atoms with van der Waals surface area (Å²) in [4.78, 5) is 10.4. The molecule has 0 radical (unpaired) electrons. The minimum Gasteiger partial charge on any atom is -0.301 e. The van der Waals surface area contributed by atoms with Gasteiger partial charge in [0.05, 0.1) is 0 Å². The van der Waals surface area contributed by atoms with Crippen molar-refractivity contribution >= 4 is 0 Å². The van der Waals surface area contributed by atoms with Gasteiger partial charge in [-0.15, -0.1) is 0 Å². The third-order valence-corrected chi connectivity index (χ3v) is 10.3. The topological polar surface area (TPSA) is 13.0 Å². The first-order valence-electron chi connectivity index (χ1n) is 18.4. The smallest absolute Gasteiger partial charge is 0.0155 e. The maximum atomic E-state index is 2.62. The Balaban J connectivity index is 0.000000280. The van der Waals surface area contributed by atoms with Crippen molar-refractivity contribution in [3.63, 3.8) is 0 Å². The highest BCUT2D eigenvalue weighted by atomic mass is 15.2. The van der Waals surface area contributed by atoms with Crippen LogP contribution in [0.4, 0.5) is 0 Å². The second-order valence-corrected chi connectivity index (χ2v) is 17.1. The van der Waals surface area contributed by atoms with Crippen molar-refractivity contribution in [1.29, 1.82) is 0 Å². The molecule has 0 saturated carbocycles. The molecule has 252 valence electrons. The van der Waals surface area contributed by atoms with Gasteiger partial charge in [-0.3, -0.25) is 4.90 Å². The average Bonchev–Trinajstić information content (AvgIpc) is 2.89. The van der Waals surface area contributed by atoms with Crippen LogP contribution in [0.25, 0.3) is 0 Å². The summed E-state index contributed by atoms with van der Waals surface area (Å²) >= 11 is 0. The highest BCUT2D eigenvalue weighted by Gasteiger charge is 2.31. The average molecular weight is 593 g/mol. The Morgan fingerprint density at radius 3 is 1.24 bits per heavy atom. The summed E-state index contributed by atoms with van der Waals surface area (Å²) in [5.74, 6) is 1.85. The van der Waals surface area contributed by atoms with Crippen LogP contribution >= 0.6 is 0 Å². The Hall–Kier alpha value is -0.160. The number of hydrogen-bond donors (Lipinski definition) is 0. The van der Waals surface area contributed by atoms with E-state index < -0.39 is 0 Å². The first-order valence-corrected chi connectivity index (χ1v) is 18.4.